The van der Waals surface area contributed by atoms with Crippen LogP contribution in [0.3, 0.4) is 0 Å². The normalized spacial score (nSPS) is 16.4. The number of rotatable bonds is 6. The summed E-state index contributed by atoms with van der Waals surface area (Å²) in [5.74, 6) is 3.32. The number of nitrogens with one attached hydrogen (secondary N) is 1. The summed E-state index contributed by atoms with van der Waals surface area (Å²) in [6, 6.07) is 11.1. The van der Waals surface area contributed by atoms with E-state index in [2.05, 4.69) is 15.4 Å². The smallest absolute Gasteiger partial charge is 0.273 e. The van der Waals surface area contributed by atoms with E-state index < -0.39 is 0 Å². The molecule has 0 saturated carbocycles. The Labute approximate surface area is 192 Å². The predicted octanol–water partition coefficient (Wildman–Crippen LogP) is 4.00. The molecule has 5 rings (SSSR count). The van der Waals surface area contributed by atoms with Gasteiger partial charge in [-0.25, -0.2) is 0 Å². The van der Waals surface area contributed by atoms with Gasteiger partial charge in [0, 0.05) is 18.2 Å². The van der Waals surface area contributed by atoms with Crippen molar-refractivity contribution >= 4 is 18.3 Å². The Morgan fingerprint density at radius 2 is 1.88 bits per heavy atom. The van der Waals surface area contributed by atoms with Crippen molar-refractivity contribution in [3.05, 3.63) is 53.6 Å². The van der Waals surface area contributed by atoms with Gasteiger partial charge in [0.05, 0.1) is 6.04 Å². The van der Waals surface area contributed by atoms with E-state index in [1.165, 1.54) is 0 Å². The molecule has 32 heavy (non-hydrogen) atoms. The number of aromatic nitrogens is 1. The quantitative estimate of drug-likeness (QED) is 0.595. The lowest BCUT2D eigenvalue weighted by Crippen LogP contribution is -2.36. The van der Waals surface area contributed by atoms with E-state index in [9.17, 15) is 4.79 Å². The number of ether oxygens (including phenoxy) is 2. The lowest BCUT2D eigenvalue weighted by molar-refractivity contribution is 0.0924. The number of benzene rings is 1. The van der Waals surface area contributed by atoms with E-state index in [0.717, 1.165) is 43.0 Å². The SMILES string of the molecule is Cc1ccc(C(CNC(=O)c2cc(-c3ccc4c(c3)OCCO4)on2)N2CCCC2)o1.Cl. The van der Waals surface area contributed by atoms with E-state index in [0.29, 0.717) is 37.0 Å². The second kappa shape index (κ2) is 9.67. The van der Waals surface area contributed by atoms with Crippen molar-refractivity contribution in [2.75, 3.05) is 32.8 Å². The van der Waals surface area contributed by atoms with E-state index in [4.69, 9.17) is 18.4 Å². The molecule has 4 heterocycles. The minimum absolute atomic E-state index is 0. The number of likely N-dealkylation sites (tertiary alicyclic amines) is 1. The van der Waals surface area contributed by atoms with Crippen molar-refractivity contribution in [3.63, 3.8) is 0 Å². The van der Waals surface area contributed by atoms with Crippen molar-refractivity contribution in [2.24, 2.45) is 0 Å². The molecule has 3 aromatic rings. The van der Waals surface area contributed by atoms with Gasteiger partial charge in [0.1, 0.15) is 24.7 Å². The number of carbonyl (C=O) groups excluding carboxylic acids is 1. The summed E-state index contributed by atoms with van der Waals surface area (Å²) in [7, 11) is 0. The number of hydrogen-bond acceptors (Lipinski definition) is 7. The average molecular weight is 460 g/mol. The molecule has 0 spiro atoms. The summed E-state index contributed by atoms with van der Waals surface area (Å²) < 4.78 is 22.4. The standard InChI is InChI=1S/C23H25N3O5.ClH/c1-15-4-6-19(30-15)18(26-8-2-3-9-26)14-24-23(27)17-13-21(31-25-17)16-5-7-20-22(12-16)29-11-10-28-20;/h4-7,12-13,18H,2-3,8-11,14H2,1H3,(H,24,27);1H. The first-order valence-electron chi connectivity index (χ1n) is 10.6. The third-order valence-electron chi connectivity index (χ3n) is 5.70. The van der Waals surface area contributed by atoms with Crippen LogP contribution in [0.15, 0.2) is 45.3 Å². The molecule has 8 nitrogen and oxygen atoms in total. The van der Waals surface area contributed by atoms with Crippen LogP contribution < -0.4 is 14.8 Å². The van der Waals surface area contributed by atoms with Crippen molar-refractivity contribution in [2.45, 2.75) is 25.8 Å². The maximum absolute atomic E-state index is 12.8. The lowest BCUT2D eigenvalue weighted by Gasteiger charge is -2.25. The Morgan fingerprint density at radius 1 is 1.09 bits per heavy atom. The monoisotopic (exact) mass is 459 g/mol. The fraction of sp³-hybridized carbons (Fsp3) is 0.391. The number of hydrogen-bond donors (Lipinski definition) is 1. The van der Waals surface area contributed by atoms with E-state index in [1.54, 1.807) is 6.07 Å². The third kappa shape index (κ3) is 4.61. The molecule has 0 aliphatic carbocycles. The van der Waals surface area contributed by atoms with Gasteiger partial charge in [-0.1, -0.05) is 5.16 Å². The molecule has 1 saturated heterocycles. The van der Waals surface area contributed by atoms with Crippen LogP contribution in [0.25, 0.3) is 11.3 Å². The molecule has 9 heteroatoms. The van der Waals surface area contributed by atoms with Crippen LogP contribution >= 0.6 is 12.4 Å². The van der Waals surface area contributed by atoms with Gasteiger partial charge in [0.15, 0.2) is 23.0 Å². The molecule has 170 valence electrons. The van der Waals surface area contributed by atoms with Crippen LogP contribution in [0.1, 0.15) is 40.9 Å². The fourth-order valence-electron chi connectivity index (χ4n) is 4.09. The first-order valence-corrected chi connectivity index (χ1v) is 10.6. The van der Waals surface area contributed by atoms with Crippen LogP contribution in [-0.2, 0) is 0 Å². The zero-order valence-corrected chi connectivity index (χ0v) is 18.7. The summed E-state index contributed by atoms with van der Waals surface area (Å²) in [5.41, 5.74) is 1.01. The number of amides is 1. The van der Waals surface area contributed by atoms with Gasteiger partial charge in [0.25, 0.3) is 5.91 Å². The first-order chi connectivity index (χ1) is 15.2. The van der Waals surface area contributed by atoms with Gasteiger partial charge in [0.2, 0.25) is 0 Å². The summed E-state index contributed by atoms with van der Waals surface area (Å²) in [5, 5.41) is 6.95. The van der Waals surface area contributed by atoms with Gasteiger partial charge in [-0.3, -0.25) is 9.69 Å². The van der Waals surface area contributed by atoms with Gasteiger partial charge < -0.3 is 23.7 Å². The van der Waals surface area contributed by atoms with Crippen molar-refractivity contribution < 1.29 is 23.2 Å². The highest BCUT2D eigenvalue weighted by Gasteiger charge is 2.27. The van der Waals surface area contributed by atoms with Crippen LogP contribution in [0.5, 0.6) is 11.5 Å². The Balaban J connectivity index is 0.00000245. The number of halogens is 1. The highest BCUT2D eigenvalue weighted by Crippen LogP contribution is 2.34. The van der Waals surface area contributed by atoms with Crippen LogP contribution in [-0.4, -0.2) is 48.8 Å². The summed E-state index contributed by atoms with van der Waals surface area (Å²) >= 11 is 0. The molecule has 1 atom stereocenters. The Hall–Kier alpha value is -2.97. The molecule has 2 aliphatic rings. The molecule has 2 aliphatic heterocycles. The second-order valence-electron chi connectivity index (χ2n) is 7.85. The third-order valence-corrected chi connectivity index (χ3v) is 5.70. The number of carbonyl (C=O) groups is 1. The maximum Gasteiger partial charge on any atom is 0.273 e. The maximum atomic E-state index is 12.8. The summed E-state index contributed by atoms with van der Waals surface area (Å²) in [4.78, 5) is 15.1. The minimum atomic E-state index is -0.278. The largest absolute Gasteiger partial charge is 0.486 e. The highest BCUT2D eigenvalue weighted by atomic mass is 35.5. The van der Waals surface area contributed by atoms with E-state index >= 15 is 0 Å². The molecule has 2 aromatic heterocycles. The van der Waals surface area contributed by atoms with Crippen molar-refractivity contribution in [3.8, 4) is 22.8 Å². The van der Waals surface area contributed by atoms with Gasteiger partial charge >= 0.3 is 0 Å². The molecule has 1 unspecified atom stereocenters. The van der Waals surface area contributed by atoms with Gasteiger partial charge in [-0.15, -0.1) is 12.4 Å². The average Bonchev–Trinajstić information content (AvgIpc) is 3.56. The highest BCUT2D eigenvalue weighted by molar-refractivity contribution is 5.93. The number of fused-ring (bicyclic) bond motifs is 1. The van der Waals surface area contributed by atoms with Crippen LogP contribution in [0, 0.1) is 6.92 Å². The fourth-order valence-corrected chi connectivity index (χ4v) is 4.09. The summed E-state index contributed by atoms with van der Waals surface area (Å²) in [6.07, 6.45) is 2.32. The Bertz CT molecular complexity index is 1070. The molecular formula is C23H26ClN3O5. The molecule has 0 radical (unpaired) electrons. The lowest BCUT2D eigenvalue weighted by atomic mass is 10.1. The molecular weight excluding hydrogens is 434 g/mol. The molecule has 0 bridgehead atoms. The second-order valence-corrected chi connectivity index (χ2v) is 7.85. The molecule has 1 aromatic carbocycles. The van der Waals surface area contributed by atoms with Crippen molar-refractivity contribution in [1.82, 2.24) is 15.4 Å². The Morgan fingerprint density at radius 3 is 2.62 bits per heavy atom. The molecule has 1 fully saturated rings. The van der Waals surface area contributed by atoms with Crippen molar-refractivity contribution in [1.29, 1.82) is 0 Å². The molecule has 1 N–H and O–H groups in total. The molecule has 1 amide bonds. The Kier molecular flexibility index (Phi) is 6.72. The van der Waals surface area contributed by atoms with E-state index in [1.807, 2.05) is 37.3 Å². The minimum Gasteiger partial charge on any atom is -0.486 e. The van der Waals surface area contributed by atoms with Gasteiger partial charge in [-0.05, 0) is 63.2 Å². The van der Waals surface area contributed by atoms with Crippen LogP contribution in [0.4, 0.5) is 0 Å². The van der Waals surface area contributed by atoms with Gasteiger partial charge in [-0.2, -0.15) is 0 Å². The topological polar surface area (TPSA) is 90.0 Å². The zero-order chi connectivity index (χ0) is 21.2. The summed E-state index contributed by atoms with van der Waals surface area (Å²) in [6.45, 7) is 5.41. The zero-order valence-electron chi connectivity index (χ0n) is 17.8. The number of aryl methyl sites for hydroxylation is 1. The number of nitrogens with zero attached hydrogens (tertiary/aromatic N) is 2. The number of furan rings is 1. The first kappa shape index (κ1) is 22.2. The van der Waals surface area contributed by atoms with E-state index in [-0.39, 0.29) is 30.0 Å². The predicted molar refractivity (Wildman–Crippen MR) is 120 cm³/mol. The van der Waals surface area contributed by atoms with Crippen LogP contribution in [0.2, 0.25) is 0 Å².